The number of nitrogens with two attached hydrogens (primary N) is 1. The maximum Gasteiger partial charge on any atom is 0.190 e. The number of benzene rings is 2. The van der Waals surface area contributed by atoms with Crippen molar-refractivity contribution in [2.24, 2.45) is 5.73 Å². The molecule has 4 N–H and O–H groups in total. The van der Waals surface area contributed by atoms with Crippen molar-refractivity contribution in [3.05, 3.63) is 48.5 Å². The molecule has 2 aromatic rings. The van der Waals surface area contributed by atoms with Gasteiger partial charge in [-0.15, -0.1) is 0 Å². The Morgan fingerprint density at radius 1 is 1.06 bits per heavy atom. The van der Waals surface area contributed by atoms with Gasteiger partial charge in [0.25, 0.3) is 0 Å². The van der Waals surface area contributed by atoms with Crippen molar-refractivity contribution in [2.75, 3.05) is 12.4 Å². The van der Waals surface area contributed by atoms with Crippen LogP contribution in [0, 0.1) is 5.41 Å². The fraction of sp³-hybridized carbons (Fsp3) is 0.0714. The van der Waals surface area contributed by atoms with E-state index < -0.39 is 0 Å². The van der Waals surface area contributed by atoms with Gasteiger partial charge in [-0.2, -0.15) is 0 Å². The number of anilines is 1. The molecule has 92 valence electrons. The quantitative estimate of drug-likeness (QED) is 0.571. The highest BCUT2D eigenvalue weighted by Crippen LogP contribution is 2.34. The Bertz CT molecular complexity index is 566. The first-order valence-electron chi connectivity index (χ1n) is 5.56. The van der Waals surface area contributed by atoms with Gasteiger partial charge in [0, 0.05) is 16.8 Å². The van der Waals surface area contributed by atoms with Crippen LogP contribution in [0.4, 0.5) is 5.69 Å². The van der Waals surface area contributed by atoms with Gasteiger partial charge < -0.3 is 15.8 Å². The number of nitrogens with one attached hydrogen (secondary N) is 2. The predicted molar refractivity (Wildman–Crippen MR) is 74.0 cm³/mol. The Morgan fingerprint density at radius 2 is 1.67 bits per heavy atom. The molecule has 2 aromatic carbocycles. The molecule has 0 aliphatic heterocycles. The third-order valence-corrected chi connectivity index (χ3v) is 2.59. The second kappa shape index (κ2) is 5.23. The van der Waals surface area contributed by atoms with Crippen LogP contribution in [0.2, 0.25) is 0 Å². The number of rotatable bonds is 3. The van der Waals surface area contributed by atoms with E-state index in [0.29, 0.717) is 0 Å². The molecule has 4 heteroatoms. The van der Waals surface area contributed by atoms with Crippen molar-refractivity contribution in [2.45, 2.75) is 0 Å². The van der Waals surface area contributed by atoms with Crippen LogP contribution in [-0.4, -0.2) is 13.1 Å². The van der Waals surface area contributed by atoms with E-state index in [9.17, 15) is 0 Å². The molecule has 0 amide bonds. The third-order valence-electron chi connectivity index (χ3n) is 2.59. The molecule has 18 heavy (non-hydrogen) atoms. The fourth-order valence-electron chi connectivity index (χ4n) is 1.84. The van der Waals surface area contributed by atoms with Crippen molar-refractivity contribution in [1.29, 1.82) is 5.41 Å². The van der Waals surface area contributed by atoms with E-state index in [4.69, 9.17) is 15.9 Å². The lowest BCUT2D eigenvalue weighted by atomic mass is 10.0. The molecule has 0 atom stereocenters. The summed E-state index contributed by atoms with van der Waals surface area (Å²) in [5.41, 5.74) is 8.08. The third kappa shape index (κ3) is 2.43. The van der Waals surface area contributed by atoms with E-state index in [0.717, 1.165) is 22.6 Å². The van der Waals surface area contributed by atoms with E-state index in [1.165, 1.54) is 0 Å². The van der Waals surface area contributed by atoms with Crippen molar-refractivity contribution >= 4 is 11.6 Å². The molecule has 4 nitrogen and oxygen atoms in total. The first-order chi connectivity index (χ1) is 8.72. The van der Waals surface area contributed by atoms with Gasteiger partial charge in [0.1, 0.15) is 5.75 Å². The normalized spacial score (nSPS) is 9.83. The van der Waals surface area contributed by atoms with Crippen LogP contribution in [-0.2, 0) is 0 Å². The summed E-state index contributed by atoms with van der Waals surface area (Å²) < 4.78 is 5.35. The summed E-state index contributed by atoms with van der Waals surface area (Å²) >= 11 is 0. The summed E-state index contributed by atoms with van der Waals surface area (Å²) in [7, 11) is 1.64. The van der Waals surface area contributed by atoms with Gasteiger partial charge in [-0.25, -0.2) is 0 Å². The second-order valence-corrected chi connectivity index (χ2v) is 3.78. The van der Waals surface area contributed by atoms with Crippen LogP contribution in [0.3, 0.4) is 0 Å². The van der Waals surface area contributed by atoms with E-state index in [1.54, 1.807) is 7.11 Å². The maximum atomic E-state index is 7.32. The van der Waals surface area contributed by atoms with Gasteiger partial charge in [-0.05, 0) is 12.1 Å². The van der Waals surface area contributed by atoms with E-state index in [-0.39, 0.29) is 5.96 Å². The number of ether oxygens (including phenoxy) is 1. The van der Waals surface area contributed by atoms with E-state index >= 15 is 0 Å². The van der Waals surface area contributed by atoms with Gasteiger partial charge in [-0.3, -0.25) is 5.41 Å². The van der Waals surface area contributed by atoms with Gasteiger partial charge in [0.2, 0.25) is 0 Å². The summed E-state index contributed by atoms with van der Waals surface area (Å²) in [6.07, 6.45) is 0. The highest BCUT2D eigenvalue weighted by Gasteiger charge is 2.09. The lowest BCUT2D eigenvalue weighted by molar-refractivity contribution is 0.416. The molecule has 0 aliphatic carbocycles. The van der Waals surface area contributed by atoms with Crippen molar-refractivity contribution in [3.63, 3.8) is 0 Å². The number of methoxy groups -OCH3 is 1. The Morgan fingerprint density at radius 3 is 2.33 bits per heavy atom. The van der Waals surface area contributed by atoms with Crippen LogP contribution in [0.25, 0.3) is 11.1 Å². The Balaban J connectivity index is 2.53. The van der Waals surface area contributed by atoms with Crippen molar-refractivity contribution in [3.8, 4) is 16.9 Å². The largest absolute Gasteiger partial charge is 0.496 e. The Labute approximate surface area is 106 Å². The van der Waals surface area contributed by atoms with Crippen LogP contribution in [0.1, 0.15) is 0 Å². The number of guanidine groups is 1. The Kier molecular flexibility index (Phi) is 3.48. The molecule has 2 rings (SSSR count). The number of hydrogen-bond donors (Lipinski definition) is 3. The average molecular weight is 241 g/mol. The van der Waals surface area contributed by atoms with E-state index in [2.05, 4.69) is 5.32 Å². The smallest absolute Gasteiger partial charge is 0.190 e. The molecule has 0 radical (unpaired) electrons. The summed E-state index contributed by atoms with van der Waals surface area (Å²) in [5.74, 6) is 0.702. The predicted octanol–water partition coefficient (Wildman–Crippen LogP) is 2.67. The highest BCUT2D eigenvalue weighted by molar-refractivity contribution is 5.95. The molecule has 0 aliphatic rings. The molecular weight excluding hydrogens is 226 g/mol. The zero-order chi connectivity index (χ0) is 13.0. The van der Waals surface area contributed by atoms with Crippen molar-refractivity contribution in [1.82, 2.24) is 0 Å². The van der Waals surface area contributed by atoms with Gasteiger partial charge >= 0.3 is 0 Å². The number of para-hydroxylation sites is 2. The molecule has 0 saturated carbocycles. The Hall–Kier alpha value is -2.49. The average Bonchev–Trinajstić information content (AvgIpc) is 2.39. The minimum atomic E-state index is -0.0858. The second-order valence-electron chi connectivity index (χ2n) is 3.78. The summed E-state index contributed by atoms with van der Waals surface area (Å²) in [4.78, 5) is 0. The SMILES string of the molecule is COc1ccccc1-c1ccccc1NC(=N)N. The molecule has 0 heterocycles. The molecule has 0 fully saturated rings. The zero-order valence-electron chi connectivity index (χ0n) is 10.1. The summed E-state index contributed by atoms with van der Waals surface area (Å²) in [5, 5.41) is 10.2. The highest BCUT2D eigenvalue weighted by atomic mass is 16.5. The van der Waals surface area contributed by atoms with Crippen LogP contribution < -0.4 is 15.8 Å². The molecule has 0 bridgehead atoms. The fourth-order valence-corrected chi connectivity index (χ4v) is 1.84. The minimum absolute atomic E-state index is 0.0858. The molecule has 0 aromatic heterocycles. The monoisotopic (exact) mass is 241 g/mol. The summed E-state index contributed by atoms with van der Waals surface area (Å²) in [6, 6.07) is 15.4. The van der Waals surface area contributed by atoms with Crippen molar-refractivity contribution < 1.29 is 4.74 Å². The van der Waals surface area contributed by atoms with Crippen LogP contribution in [0.5, 0.6) is 5.75 Å². The minimum Gasteiger partial charge on any atom is -0.496 e. The van der Waals surface area contributed by atoms with Gasteiger partial charge in [-0.1, -0.05) is 36.4 Å². The van der Waals surface area contributed by atoms with Crippen LogP contribution >= 0.6 is 0 Å². The number of hydrogen-bond acceptors (Lipinski definition) is 2. The molecule has 0 unspecified atom stereocenters. The van der Waals surface area contributed by atoms with Gasteiger partial charge in [0.15, 0.2) is 5.96 Å². The topological polar surface area (TPSA) is 71.1 Å². The zero-order valence-corrected chi connectivity index (χ0v) is 10.1. The lowest BCUT2D eigenvalue weighted by Crippen LogP contribution is -2.20. The first kappa shape index (κ1) is 12.0. The lowest BCUT2D eigenvalue weighted by Gasteiger charge is -2.13. The molecule has 0 saturated heterocycles. The van der Waals surface area contributed by atoms with Crippen LogP contribution in [0.15, 0.2) is 48.5 Å². The molecule has 0 spiro atoms. The standard InChI is InChI=1S/C14H15N3O/c1-18-13-9-5-3-7-11(13)10-6-2-4-8-12(10)17-14(15)16/h2-9H,1H3,(H4,15,16,17). The van der Waals surface area contributed by atoms with E-state index in [1.807, 2.05) is 48.5 Å². The molecular formula is C14H15N3O. The first-order valence-corrected chi connectivity index (χ1v) is 5.56. The van der Waals surface area contributed by atoms with Gasteiger partial charge in [0.05, 0.1) is 7.11 Å². The summed E-state index contributed by atoms with van der Waals surface area (Å²) in [6.45, 7) is 0. The maximum absolute atomic E-state index is 7.32.